The van der Waals surface area contributed by atoms with Crippen LogP contribution >= 0.6 is 0 Å². The maximum absolute atomic E-state index is 4.58. The molecule has 3 rings (SSSR count). The Bertz CT molecular complexity index is 394. The lowest BCUT2D eigenvalue weighted by Gasteiger charge is -2.29. The first-order valence-electron chi connectivity index (χ1n) is 6.71. The molecular formula is C13H22N4. The molecule has 1 aromatic heterocycles. The first-order valence-corrected chi connectivity index (χ1v) is 6.71. The minimum atomic E-state index is 0.654. The molecule has 4 nitrogen and oxygen atoms in total. The average molecular weight is 234 g/mol. The lowest BCUT2D eigenvalue weighted by molar-refractivity contribution is 0.245. The molecule has 4 heteroatoms. The summed E-state index contributed by atoms with van der Waals surface area (Å²) < 4.78 is 2.06. The molecule has 2 fully saturated rings. The van der Waals surface area contributed by atoms with Gasteiger partial charge in [-0.15, -0.1) is 0 Å². The van der Waals surface area contributed by atoms with Crippen molar-refractivity contribution in [3.8, 4) is 0 Å². The van der Waals surface area contributed by atoms with Gasteiger partial charge in [0.25, 0.3) is 0 Å². The van der Waals surface area contributed by atoms with E-state index in [2.05, 4.69) is 40.2 Å². The predicted octanol–water partition coefficient (Wildman–Crippen LogP) is 1.80. The van der Waals surface area contributed by atoms with Crippen molar-refractivity contribution in [2.24, 2.45) is 7.05 Å². The van der Waals surface area contributed by atoms with E-state index in [9.17, 15) is 0 Å². The van der Waals surface area contributed by atoms with Crippen molar-refractivity contribution in [1.82, 2.24) is 14.7 Å². The van der Waals surface area contributed by atoms with Crippen LogP contribution in [0.4, 0.5) is 5.82 Å². The predicted molar refractivity (Wildman–Crippen MR) is 69.3 cm³/mol. The number of aryl methyl sites for hydroxylation is 1. The molecule has 0 aromatic carbocycles. The normalized spacial score (nSPS) is 26.1. The number of rotatable bonds is 3. The quantitative estimate of drug-likeness (QED) is 0.866. The Hall–Kier alpha value is -1.03. The van der Waals surface area contributed by atoms with Gasteiger partial charge in [-0.05, 0) is 39.3 Å². The fourth-order valence-corrected chi connectivity index (χ4v) is 2.78. The molecule has 1 aliphatic heterocycles. The number of anilines is 1. The van der Waals surface area contributed by atoms with E-state index in [1.807, 2.05) is 0 Å². The third-order valence-electron chi connectivity index (χ3n) is 3.89. The van der Waals surface area contributed by atoms with Crippen molar-refractivity contribution in [3.63, 3.8) is 0 Å². The largest absolute Gasteiger partial charge is 0.366 e. The van der Waals surface area contributed by atoms with Crippen molar-refractivity contribution in [3.05, 3.63) is 11.8 Å². The summed E-state index contributed by atoms with van der Waals surface area (Å²) in [6.07, 6.45) is 5.21. The van der Waals surface area contributed by atoms with Gasteiger partial charge in [0.15, 0.2) is 0 Å². The number of nitrogens with one attached hydrogen (secondary N) is 1. The van der Waals surface area contributed by atoms with Crippen LogP contribution in [0, 0.1) is 0 Å². The van der Waals surface area contributed by atoms with Crippen LogP contribution in [-0.2, 0) is 7.05 Å². The van der Waals surface area contributed by atoms with Crippen LogP contribution in [0.5, 0.6) is 0 Å². The molecule has 1 aromatic rings. The summed E-state index contributed by atoms with van der Waals surface area (Å²) in [5.41, 5.74) is 1.39. The summed E-state index contributed by atoms with van der Waals surface area (Å²) in [6, 6.07) is 2.94. The SMILES string of the molecule is CN1CCCC(c2cc(NC3CC3)nn2C)C1. The van der Waals surface area contributed by atoms with Crippen LogP contribution in [0.15, 0.2) is 6.07 Å². The van der Waals surface area contributed by atoms with Crippen molar-refractivity contribution in [1.29, 1.82) is 0 Å². The lowest BCUT2D eigenvalue weighted by atomic mass is 9.95. The van der Waals surface area contributed by atoms with Crippen LogP contribution in [0.2, 0.25) is 0 Å². The molecule has 0 radical (unpaired) electrons. The Morgan fingerprint density at radius 3 is 2.82 bits per heavy atom. The highest BCUT2D eigenvalue weighted by molar-refractivity contribution is 5.39. The topological polar surface area (TPSA) is 33.1 Å². The molecule has 17 heavy (non-hydrogen) atoms. The zero-order valence-electron chi connectivity index (χ0n) is 10.8. The molecule has 0 amide bonds. The molecule has 1 atom stereocenters. The molecule has 1 N–H and O–H groups in total. The van der Waals surface area contributed by atoms with Crippen molar-refractivity contribution < 1.29 is 0 Å². The van der Waals surface area contributed by atoms with E-state index in [0.29, 0.717) is 12.0 Å². The van der Waals surface area contributed by atoms with Gasteiger partial charge in [-0.3, -0.25) is 4.68 Å². The first-order chi connectivity index (χ1) is 8.22. The van der Waals surface area contributed by atoms with Crippen LogP contribution in [0.1, 0.15) is 37.3 Å². The molecule has 0 spiro atoms. The number of likely N-dealkylation sites (tertiary alicyclic amines) is 1. The maximum atomic E-state index is 4.58. The molecule has 1 unspecified atom stereocenters. The minimum absolute atomic E-state index is 0.654. The number of hydrogen-bond acceptors (Lipinski definition) is 3. The zero-order valence-corrected chi connectivity index (χ0v) is 10.8. The Morgan fingerprint density at radius 2 is 2.12 bits per heavy atom. The Labute approximate surface area is 103 Å². The third kappa shape index (κ3) is 2.46. The van der Waals surface area contributed by atoms with E-state index in [1.165, 1.54) is 44.5 Å². The van der Waals surface area contributed by atoms with Gasteiger partial charge in [0.05, 0.1) is 0 Å². The Morgan fingerprint density at radius 1 is 1.29 bits per heavy atom. The number of likely N-dealkylation sites (N-methyl/N-ethyl adjacent to an activating group) is 1. The average Bonchev–Trinajstić information content (AvgIpc) is 3.01. The monoisotopic (exact) mass is 234 g/mol. The highest BCUT2D eigenvalue weighted by Gasteiger charge is 2.25. The molecule has 2 heterocycles. The van der Waals surface area contributed by atoms with Crippen molar-refractivity contribution in [2.75, 3.05) is 25.5 Å². The number of piperidine rings is 1. The smallest absolute Gasteiger partial charge is 0.148 e. The highest BCUT2D eigenvalue weighted by Crippen LogP contribution is 2.29. The highest BCUT2D eigenvalue weighted by atomic mass is 15.3. The van der Waals surface area contributed by atoms with Gasteiger partial charge in [0, 0.05) is 37.3 Å². The van der Waals surface area contributed by atoms with E-state index in [1.54, 1.807) is 0 Å². The van der Waals surface area contributed by atoms with Gasteiger partial charge in [0.2, 0.25) is 0 Å². The van der Waals surface area contributed by atoms with Crippen LogP contribution < -0.4 is 5.32 Å². The van der Waals surface area contributed by atoms with Gasteiger partial charge in [-0.2, -0.15) is 5.10 Å². The Balaban J connectivity index is 1.74. The third-order valence-corrected chi connectivity index (χ3v) is 3.89. The van der Waals surface area contributed by atoms with Gasteiger partial charge in [0.1, 0.15) is 5.82 Å². The van der Waals surface area contributed by atoms with E-state index in [4.69, 9.17) is 0 Å². The second-order valence-corrected chi connectivity index (χ2v) is 5.60. The van der Waals surface area contributed by atoms with E-state index >= 15 is 0 Å². The summed E-state index contributed by atoms with van der Waals surface area (Å²) in [7, 11) is 4.29. The summed E-state index contributed by atoms with van der Waals surface area (Å²) in [5.74, 6) is 1.72. The molecule has 2 aliphatic rings. The fourth-order valence-electron chi connectivity index (χ4n) is 2.78. The van der Waals surface area contributed by atoms with Crippen LogP contribution in [-0.4, -0.2) is 40.9 Å². The summed E-state index contributed by atoms with van der Waals surface area (Å²) >= 11 is 0. The van der Waals surface area contributed by atoms with E-state index in [-0.39, 0.29) is 0 Å². The van der Waals surface area contributed by atoms with Gasteiger partial charge in [-0.25, -0.2) is 0 Å². The minimum Gasteiger partial charge on any atom is -0.366 e. The zero-order chi connectivity index (χ0) is 11.8. The van der Waals surface area contributed by atoms with Gasteiger partial charge < -0.3 is 10.2 Å². The molecule has 94 valence electrons. The molecule has 1 saturated carbocycles. The number of nitrogens with zero attached hydrogens (tertiary/aromatic N) is 3. The van der Waals surface area contributed by atoms with E-state index in [0.717, 1.165) is 5.82 Å². The molecule has 1 saturated heterocycles. The molecule has 0 bridgehead atoms. The second kappa shape index (κ2) is 4.33. The summed E-state index contributed by atoms with van der Waals surface area (Å²) in [6.45, 7) is 2.41. The van der Waals surface area contributed by atoms with Crippen LogP contribution in [0.25, 0.3) is 0 Å². The lowest BCUT2D eigenvalue weighted by Crippen LogP contribution is -2.31. The second-order valence-electron chi connectivity index (χ2n) is 5.60. The van der Waals surface area contributed by atoms with Gasteiger partial charge in [-0.1, -0.05) is 0 Å². The maximum Gasteiger partial charge on any atom is 0.148 e. The first kappa shape index (κ1) is 11.1. The standard InChI is InChI=1S/C13H22N4/c1-16-7-3-4-10(9-16)12-8-13(15-17(12)2)14-11-5-6-11/h8,10-11H,3-7,9H2,1-2H3,(H,14,15). The Kier molecular flexibility index (Phi) is 2.82. The van der Waals surface area contributed by atoms with Gasteiger partial charge >= 0.3 is 0 Å². The van der Waals surface area contributed by atoms with Crippen LogP contribution in [0.3, 0.4) is 0 Å². The van der Waals surface area contributed by atoms with Crippen molar-refractivity contribution >= 4 is 5.82 Å². The molecule has 1 aliphatic carbocycles. The van der Waals surface area contributed by atoms with E-state index < -0.39 is 0 Å². The summed E-state index contributed by atoms with van der Waals surface area (Å²) in [5, 5.41) is 8.06. The number of aromatic nitrogens is 2. The number of hydrogen-bond donors (Lipinski definition) is 1. The fraction of sp³-hybridized carbons (Fsp3) is 0.769. The molecular weight excluding hydrogens is 212 g/mol. The van der Waals surface area contributed by atoms with Crippen molar-refractivity contribution in [2.45, 2.75) is 37.6 Å². The summed E-state index contributed by atoms with van der Waals surface area (Å²) in [4.78, 5) is 2.43.